The third-order valence-electron chi connectivity index (χ3n) is 3.87. The molecule has 0 aromatic rings. The number of nitrogens with zero attached hydrogens (tertiary/aromatic N) is 1. The van der Waals surface area contributed by atoms with E-state index in [-0.39, 0.29) is 6.03 Å². The van der Waals surface area contributed by atoms with Gasteiger partial charge in [0.25, 0.3) is 0 Å². The highest BCUT2D eigenvalue weighted by molar-refractivity contribution is 5.71. The van der Waals surface area contributed by atoms with Gasteiger partial charge in [0.05, 0.1) is 0 Å². The predicted octanol–water partition coefficient (Wildman–Crippen LogP) is 5.09. The van der Waals surface area contributed by atoms with E-state index in [1.807, 2.05) is 4.90 Å². The van der Waals surface area contributed by atoms with Gasteiger partial charge in [0.1, 0.15) is 0 Å². The van der Waals surface area contributed by atoms with E-state index in [0.717, 1.165) is 25.9 Å². The second-order valence-electron chi connectivity index (χ2n) is 5.86. The summed E-state index contributed by atoms with van der Waals surface area (Å²) in [6.07, 6.45) is 15.1. The van der Waals surface area contributed by atoms with E-state index in [4.69, 9.17) is 5.73 Å². The summed E-state index contributed by atoms with van der Waals surface area (Å²) in [5.41, 5.74) is 5.45. The first kappa shape index (κ1) is 19.3. The van der Waals surface area contributed by atoms with Crippen molar-refractivity contribution < 1.29 is 4.79 Å². The minimum absolute atomic E-state index is 0.244. The molecule has 0 aromatic carbocycles. The van der Waals surface area contributed by atoms with Gasteiger partial charge in [0, 0.05) is 13.1 Å². The largest absolute Gasteiger partial charge is 0.351 e. The monoisotopic (exact) mass is 284 g/mol. The van der Waals surface area contributed by atoms with E-state index < -0.39 is 0 Å². The first-order chi connectivity index (χ1) is 9.72. The zero-order chi connectivity index (χ0) is 15.1. The number of urea groups is 1. The van der Waals surface area contributed by atoms with E-state index in [1.54, 1.807) is 0 Å². The van der Waals surface area contributed by atoms with Crippen molar-refractivity contribution in [3.05, 3.63) is 0 Å². The fraction of sp³-hybridized carbons (Fsp3) is 0.941. The maximum Gasteiger partial charge on any atom is 0.314 e. The molecular weight excluding hydrogens is 248 g/mol. The van der Waals surface area contributed by atoms with Gasteiger partial charge in [-0.1, -0.05) is 78.1 Å². The first-order valence-corrected chi connectivity index (χ1v) is 8.76. The molecule has 2 N–H and O–H groups in total. The molecule has 0 saturated carbocycles. The molecule has 0 unspecified atom stereocenters. The molecule has 0 fully saturated rings. The lowest BCUT2D eigenvalue weighted by Gasteiger charge is -2.20. The lowest BCUT2D eigenvalue weighted by molar-refractivity contribution is 0.205. The van der Waals surface area contributed by atoms with Crippen LogP contribution < -0.4 is 5.73 Å². The number of primary amides is 1. The Labute approximate surface area is 126 Å². The summed E-state index contributed by atoms with van der Waals surface area (Å²) in [7, 11) is 0. The summed E-state index contributed by atoms with van der Waals surface area (Å²) in [6.45, 7) is 6.15. The Morgan fingerprint density at radius 3 is 1.40 bits per heavy atom. The van der Waals surface area contributed by atoms with Gasteiger partial charge in [0.15, 0.2) is 0 Å². The van der Waals surface area contributed by atoms with Crippen LogP contribution >= 0.6 is 0 Å². The van der Waals surface area contributed by atoms with Crippen LogP contribution in [0.4, 0.5) is 4.79 Å². The maximum absolute atomic E-state index is 11.4. The molecule has 120 valence electrons. The number of carbonyl (C=O) groups is 1. The summed E-state index contributed by atoms with van der Waals surface area (Å²) in [5, 5.41) is 0. The van der Waals surface area contributed by atoms with Crippen LogP contribution in [0.3, 0.4) is 0 Å². The second kappa shape index (κ2) is 14.7. The molecule has 0 atom stereocenters. The van der Waals surface area contributed by atoms with Gasteiger partial charge in [-0.05, 0) is 12.8 Å². The fourth-order valence-corrected chi connectivity index (χ4v) is 2.50. The normalized spacial score (nSPS) is 10.7. The maximum atomic E-state index is 11.4. The third kappa shape index (κ3) is 12.3. The van der Waals surface area contributed by atoms with Crippen molar-refractivity contribution in [2.75, 3.05) is 13.1 Å². The van der Waals surface area contributed by atoms with Gasteiger partial charge in [-0.15, -0.1) is 0 Å². The molecule has 3 nitrogen and oxygen atoms in total. The zero-order valence-corrected chi connectivity index (χ0v) is 13.8. The Hall–Kier alpha value is -0.730. The van der Waals surface area contributed by atoms with E-state index in [0.29, 0.717) is 0 Å². The third-order valence-corrected chi connectivity index (χ3v) is 3.87. The fourth-order valence-electron chi connectivity index (χ4n) is 2.50. The molecule has 0 bridgehead atoms. The van der Waals surface area contributed by atoms with E-state index in [1.165, 1.54) is 64.2 Å². The number of unbranched alkanes of at least 4 members (excludes halogenated alkanes) is 10. The van der Waals surface area contributed by atoms with Crippen LogP contribution in [-0.4, -0.2) is 24.0 Å². The quantitative estimate of drug-likeness (QED) is 0.444. The molecule has 0 spiro atoms. The minimum Gasteiger partial charge on any atom is -0.351 e. The van der Waals surface area contributed by atoms with Crippen molar-refractivity contribution in [3.8, 4) is 0 Å². The zero-order valence-electron chi connectivity index (χ0n) is 13.8. The standard InChI is InChI=1S/C17H36N2O/c1-3-5-7-9-10-12-14-16-19(17(18)20)15-13-11-8-6-4-2/h3-16H2,1-2H3,(H2,18,20). The van der Waals surface area contributed by atoms with Crippen molar-refractivity contribution in [1.29, 1.82) is 0 Å². The highest BCUT2D eigenvalue weighted by Crippen LogP contribution is 2.09. The first-order valence-electron chi connectivity index (χ1n) is 8.76. The van der Waals surface area contributed by atoms with Gasteiger partial charge in [-0.25, -0.2) is 4.79 Å². The summed E-state index contributed by atoms with van der Waals surface area (Å²) in [6, 6.07) is -0.244. The molecular formula is C17H36N2O. The Balaban J connectivity index is 3.52. The molecule has 0 aliphatic rings. The number of carbonyl (C=O) groups excluding carboxylic acids is 1. The summed E-state index contributed by atoms with van der Waals surface area (Å²) >= 11 is 0. The van der Waals surface area contributed by atoms with Crippen LogP contribution in [0, 0.1) is 0 Å². The second-order valence-corrected chi connectivity index (χ2v) is 5.86. The Bertz CT molecular complexity index is 219. The molecule has 20 heavy (non-hydrogen) atoms. The van der Waals surface area contributed by atoms with E-state index in [9.17, 15) is 4.79 Å². The Kier molecular flexibility index (Phi) is 14.1. The summed E-state index contributed by atoms with van der Waals surface area (Å²) < 4.78 is 0. The number of hydrogen-bond donors (Lipinski definition) is 1. The van der Waals surface area contributed by atoms with Gasteiger partial charge >= 0.3 is 6.03 Å². The molecule has 0 heterocycles. The summed E-state index contributed by atoms with van der Waals surface area (Å²) in [5.74, 6) is 0. The minimum atomic E-state index is -0.244. The van der Waals surface area contributed by atoms with Crippen LogP contribution in [-0.2, 0) is 0 Å². The lowest BCUT2D eigenvalue weighted by atomic mass is 10.1. The number of hydrogen-bond acceptors (Lipinski definition) is 1. The highest BCUT2D eigenvalue weighted by atomic mass is 16.2. The molecule has 0 rings (SSSR count). The van der Waals surface area contributed by atoms with Crippen LogP contribution in [0.25, 0.3) is 0 Å². The average Bonchev–Trinajstić information content (AvgIpc) is 2.43. The van der Waals surface area contributed by atoms with Crippen LogP contribution in [0.15, 0.2) is 0 Å². The van der Waals surface area contributed by atoms with Gasteiger partial charge in [-0.2, -0.15) is 0 Å². The smallest absolute Gasteiger partial charge is 0.314 e. The molecule has 0 aliphatic carbocycles. The average molecular weight is 284 g/mol. The van der Waals surface area contributed by atoms with Crippen LogP contribution in [0.2, 0.25) is 0 Å². The molecule has 0 saturated heterocycles. The Morgan fingerprint density at radius 2 is 1.05 bits per heavy atom. The Morgan fingerprint density at radius 1 is 0.700 bits per heavy atom. The van der Waals surface area contributed by atoms with Crippen molar-refractivity contribution in [1.82, 2.24) is 4.90 Å². The van der Waals surface area contributed by atoms with E-state index in [2.05, 4.69) is 13.8 Å². The van der Waals surface area contributed by atoms with Crippen molar-refractivity contribution in [3.63, 3.8) is 0 Å². The highest BCUT2D eigenvalue weighted by Gasteiger charge is 2.08. The molecule has 2 amide bonds. The number of rotatable bonds is 14. The molecule has 0 aromatic heterocycles. The van der Waals surface area contributed by atoms with E-state index >= 15 is 0 Å². The lowest BCUT2D eigenvalue weighted by Crippen LogP contribution is -2.37. The van der Waals surface area contributed by atoms with Crippen LogP contribution in [0.1, 0.15) is 90.9 Å². The predicted molar refractivity (Wildman–Crippen MR) is 87.9 cm³/mol. The van der Waals surface area contributed by atoms with Crippen molar-refractivity contribution >= 4 is 6.03 Å². The van der Waals surface area contributed by atoms with Gasteiger partial charge < -0.3 is 10.6 Å². The SMILES string of the molecule is CCCCCCCCCN(CCCCCCC)C(N)=O. The van der Waals surface area contributed by atoms with Crippen molar-refractivity contribution in [2.24, 2.45) is 5.73 Å². The van der Waals surface area contributed by atoms with Gasteiger partial charge in [-0.3, -0.25) is 0 Å². The molecule has 0 radical (unpaired) electrons. The van der Waals surface area contributed by atoms with Gasteiger partial charge in [0.2, 0.25) is 0 Å². The number of nitrogens with two attached hydrogens (primary N) is 1. The van der Waals surface area contributed by atoms with Crippen molar-refractivity contribution in [2.45, 2.75) is 90.9 Å². The topological polar surface area (TPSA) is 46.3 Å². The van der Waals surface area contributed by atoms with Crippen LogP contribution in [0.5, 0.6) is 0 Å². The molecule has 3 heteroatoms. The summed E-state index contributed by atoms with van der Waals surface area (Å²) in [4.78, 5) is 13.2. The number of amides is 2. The molecule has 0 aliphatic heterocycles.